The van der Waals surface area contributed by atoms with Crippen molar-refractivity contribution in [3.63, 3.8) is 0 Å². The molecule has 1 atom stereocenters. The Kier molecular flexibility index (Phi) is 3.63. The molecule has 0 N–H and O–H groups in total. The van der Waals surface area contributed by atoms with E-state index in [1.54, 1.807) is 6.07 Å². The van der Waals surface area contributed by atoms with Crippen LogP contribution in [0.25, 0.3) is 16.8 Å². The molecular formula is C12H9F4N5S. The van der Waals surface area contributed by atoms with E-state index in [-0.39, 0.29) is 27.6 Å². The van der Waals surface area contributed by atoms with Crippen molar-refractivity contribution in [1.29, 1.82) is 0 Å². The van der Waals surface area contributed by atoms with Crippen LogP contribution < -0.4 is 0 Å². The number of halogens is 4. The first-order valence-corrected chi connectivity index (χ1v) is 7.20. The first-order valence-electron chi connectivity index (χ1n) is 6.22. The lowest BCUT2D eigenvalue weighted by Gasteiger charge is -2.09. The molecule has 1 unspecified atom stereocenters. The fraction of sp³-hybridized carbons (Fsp3) is 0.333. The topological polar surface area (TPSA) is 56.0 Å². The van der Waals surface area contributed by atoms with Gasteiger partial charge in [0, 0.05) is 11.9 Å². The Morgan fingerprint density at radius 2 is 2.05 bits per heavy atom. The second kappa shape index (κ2) is 5.34. The molecule has 0 saturated carbocycles. The van der Waals surface area contributed by atoms with Crippen LogP contribution >= 0.6 is 11.8 Å². The average Bonchev–Trinajstić information content (AvgIpc) is 2.90. The Morgan fingerprint density at radius 3 is 2.73 bits per heavy atom. The molecule has 0 aliphatic heterocycles. The molecule has 10 heteroatoms. The van der Waals surface area contributed by atoms with Crippen molar-refractivity contribution < 1.29 is 17.6 Å². The van der Waals surface area contributed by atoms with Gasteiger partial charge < -0.3 is 0 Å². The highest BCUT2D eigenvalue weighted by atomic mass is 32.2. The minimum absolute atomic E-state index is 0.00692. The highest BCUT2D eigenvalue weighted by molar-refractivity contribution is 7.99. The van der Waals surface area contributed by atoms with Gasteiger partial charge in [0.15, 0.2) is 11.3 Å². The Morgan fingerprint density at radius 1 is 1.27 bits per heavy atom. The zero-order valence-corrected chi connectivity index (χ0v) is 12.0. The molecule has 0 aliphatic rings. The molecule has 3 heterocycles. The van der Waals surface area contributed by atoms with Gasteiger partial charge >= 0.3 is 6.18 Å². The van der Waals surface area contributed by atoms with Crippen LogP contribution in [0.2, 0.25) is 0 Å². The normalized spacial score (nSPS) is 13.9. The van der Waals surface area contributed by atoms with Gasteiger partial charge in [-0.3, -0.25) is 4.40 Å². The van der Waals surface area contributed by atoms with Crippen molar-refractivity contribution in [2.24, 2.45) is 0 Å². The maximum absolute atomic E-state index is 13.1. The molecule has 0 spiro atoms. The monoisotopic (exact) mass is 331 g/mol. The first kappa shape index (κ1) is 14.9. The minimum Gasteiger partial charge on any atom is -0.251 e. The van der Waals surface area contributed by atoms with E-state index in [1.807, 2.05) is 0 Å². The second-order valence-corrected chi connectivity index (χ2v) is 5.54. The summed E-state index contributed by atoms with van der Waals surface area (Å²) in [6.45, 7) is 1.36. The summed E-state index contributed by atoms with van der Waals surface area (Å²) in [5.74, 6) is -1.12. The van der Waals surface area contributed by atoms with E-state index in [0.717, 1.165) is 16.2 Å². The average molecular weight is 331 g/mol. The number of rotatable bonds is 3. The molecule has 5 nitrogen and oxygen atoms in total. The summed E-state index contributed by atoms with van der Waals surface area (Å²) in [6.07, 6.45) is -4.44. The van der Waals surface area contributed by atoms with E-state index in [2.05, 4.69) is 20.2 Å². The molecule has 3 rings (SSSR count). The fourth-order valence-electron chi connectivity index (χ4n) is 1.91. The molecule has 0 saturated heterocycles. The van der Waals surface area contributed by atoms with Gasteiger partial charge in [-0.05, 0) is 19.1 Å². The third-order valence-corrected chi connectivity index (χ3v) is 3.93. The van der Waals surface area contributed by atoms with Crippen molar-refractivity contribution in [3.05, 3.63) is 24.2 Å². The Labute approximate surface area is 125 Å². The van der Waals surface area contributed by atoms with Crippen LogP contribution in [0.1, 0.15) is 12.7 Å². The summed E-state index contributed by atoms with van der Waals surface area (Å²) >= 11 is 0.992. The van der Waals surface area contributed by atoms with E-state index < -0.39 is 18.2 Å². The molecule has 3 aromatic rings. The number of pyridine rings is 1. The SMILES string of the molecule is CC(F)CSc1nc2cccnc2n2c(C(F)(F)F)nnc12. The zero-order valence-electron chi connectivity index (χ0n) is 11.2. The number of nitrogens with zero attached hydrogens (tertiary/aromatic N) is 5. The molecule has 0 bridgehead atoms. The highest BCUT2D eigenvalue weighted by Crippen LogP contribution is 2.32. The predicted molar refractivity (Wildman–Crippen MR) is 72.4 cm³/mol. The molecule has 0 radical (unpaired) electrons. The summed E-state index contributed by atoms with van der Waals surface area (Å²) in [7, 11) is 0. The van der Waals surface area contributed by atoms with Gasteiger partial charge in [-0.2, -0.15) is 13.2 Å². The van der Waals surface area contributed by atoms with Crippen LogP contribution in [0.3, 0.4) is 0 Å². The largest absolute Gasteiger partial charge is 0.452 e. The number of hydrogen-bond donors (Lipinski definition) is 0. The van der Waals surface area contributed by atoms with E-state index in [1.165, 1.54) is 19.2 Å². The molecule has 0 aromatic carbocycles. The van der Waals surface area contributed by atoms with Gasteiger partial charge in [-0.15, -0.1) is 10.2 Å². The molecule has 0 aliphatic carbocycles. The van der Waals surface area contributed by atoms with Crippen LogP contribution in [0.15, 0.2) is 23.4 Å². The van der Waals surface area contributed by atoms with Gasteiger partial charge in [-0.1, -0.05) is 11.8 Å². The van der Waals surface area contributed by atoms with Gasteiger partial charge in [0.2, 0.25) is 5.82 Å². The van der Waals surface area contributed by atoms with Crippen LogP contribution in [0.5, 0.6) is 0 Å². The predicted octanol–water partition coefficient (Wildman–Crippen LogP) is 3.14. The minimum atomic E-state index is -4.68. The van der Waals surface area contributed by atoms with E-state index in [0.29, 0.717) is 0 Å². The summed E-state index contributed by atoms with van der Waals surface area (Å²) in [5, 5.41) is 6.95. The Balaban J connectivity index is 2.30. The highest BCUT2D eigenvalue weighted by Gasteiger charge is 2.38. The third-order valence-electron chi connectivity index (χ3n) is 2.76. The maximum atomic E-state index is 13.1. The Hall–Kier alpha value is -1.97. The second-order valence-electron chi connectivity index (χ2n) is 4.54. The van der Waals surface area contributed by atoms with Crippen molar-refractivity contribution in [3.8, 4) is 0 Å². The molecular weight excluding hydrogens is 322 g/mol. The summed E-state index contributed by atoms with van der Waals surface area (Å²) < 4.78 is 53.1. The molecule has 116 valence electrons. The molecule has 0 fully saturated rings. The maximum Gasteiger partial charge on any atom is 0.452 e. The number of thioether (sulfide) groups is 1. The molecule has 3 aromatic heterocycles. The van der Waals surface area contributed by atoms with Gasteiger partial charge in [0.1, 0.15) is 16.7 Å². The lowest BCUT2D eigenvalue weighted by atomic mass is 10.4. The van der Waals surface area contributed by atoms with E-state index in [4.69, 9.17) is 0 Å². The number of alkyl halides is 4. The summed E-state index contributed by atoms with van der Waals surface area (Å²) in [6, 6.07) is 3.09. The van der Waals surface area contributed by atoms with Gasteiger partial charge in [0.25, 0.3) is 0 Å². The summed E-state index contributed by atoms with van der Waals surface area (Å²) in [4.78, 5) is 8.14. The first-order chi connectivity index (χ1) is 10.4. The van der Waals surface area contributed by atoms with Gasteiger partial charge in [0.05, 0.1) is 0 Å². The van der Waals surface area contributed by atoms with Crippen molar-refractivity contribution in [1.82, 2.24) is 24.6 Å². The molecule has 0 amide bonds. The van der Waals surface area contributed by atoms with Crippen LogP contribution in [-0.4, -0.2) is 36.5 Å². The van der Waals surface area contributed by atoms with Gasteiger partial charge in [-0.25, -0.2) is 14.4 Å². The summed E-state index contributed by atoms with van der Waals surface area (Å²) in [5.41, 5.74) is 0.186. The lowest BCUT2D eigenvalue weighted by Crippen LogP contribution is -2.12. The van der Waals surface area contributed by atoms with Crippen molar-refractivity contribution >= 4 is 28.6 Å². The number of fused-ring (bicyclic) bond motifs is 3. The smallest absolute Gasteiger partial charge is 0.251 e. The number of aromatic nitrogens is 5. The molecule has 22 heavy (non-hydrogen) atoms. The Bertz CT molecular complexity index is 829. The standard InChI is InChI=1S/C12H9F4N5S/c1-6(13)5-22-10-9-19-20-11(12(14,15)16)21(9)8-7(18-10)3-2-4-17-8/h2-4,6H,5H2,1H3. The third kappa shape index (κ3) is 2.58. The number of hydrogen-bond acceptors (Lipinski definition) is 5. The van der Waals surface area contributed by atoms with Crippen LogP contribution in [0, 0.1) is 0 Å². The van der Waals surface area contributed by atoms with Crippen molar-refractivity contribution in [2.75, 3.05) is 5.75 Å². The van der Waals surface area contributed by atoms with E-state index in [9.17, 15) is 17.6 Å². The zero-order chi connectivity index (χ0) is 15.9. The van der Waals surface area contributed by atoms with E-state index >= 15 is 0 Å². The van der Waals surface area contributed by atoms with Crippen molar-refractivity contribution in [2.45, 2.75) is 24.3 Å². The lowest BCUT2D eigenvalue weighted by molar-refractivity contribution is -0.145. The van der Waals surface area contributed by atoms with Crippen LogP contribution in [-0.2, 0) is 6.18 Å². The fourth-order valence-corrected chi connectivity index (χ4v) is 2.72. The van der Waals surface area contributed by atoms with Crippen LogP contribution in [0.4, 0.5) is 17.6 Å². The quantitative estimate of drug-likeness (QED) is 0.545.